The largest absolute Gasteiger partial charge is 0.388 e. The van der Waals surface area contributed by atoms with Gasteiger partial charge in [-0.05, 0) is 42.9 Å². The second kappa shape index (κ2) is 11.8. The van der Waals surface area contributed by atoms with Gasteiger partial charge in [-0.2, -0.15) is 5.26 Å². The van der Waals surface area contributed by atoms with Crippen LogP contribution in [0.5, 0.6) is 0 Å². The third-order valence-electron chi connectivity index (χ3n) is 7.08. The molecule has 0 aliphatic carbocycles. The Kier molecular flexibility index (Phi) is 8.96. The molecule has 0 aromatic heterocycles. The van der Waals surface area contributed by atoms with E-state index in [9.17, 15) is 20.1 Å². The molecule has 3 unspecified atom stereocenters. The number of fused-ring (bicyclic) bond motifs is 1. The number of aliphatic hydroxyl groups excluding tert-OH is 3. The van der Waals surface area contributed by atoms with E-state index in [0.29, 0.717) is 25.1 Å². The predicted octanol–water partition coefficient (Wildman–Crippen LogP) is 0.601. The summed E-state index contributed by atoms with van der Waals surface area (Å²) in [7, 11) is 0. The predicted molar refractivity (Wildman–Crippen MR) is 136 cm³/mol. The number of ether oxygens (including phenoxy) is 2. The Hall–Kier alpha value is -1.68. The van der Waals surface area contributed by atoms with Gasteiger partial charge in [-0.25, -0.2) is 0 Å². The molecule has 3 heterocycles. The summed E-state index contributed by atoms with van der Waals surface area (Å²) in [5.74, 6) is -0.373. The Morgan fingerprint density at radius 2 is 1.97 bits per heavy atom. The van der Waals surface area contributed by atoms with Gasteiger partial charge in [0.15, 0.2) is 0 Å². The molecule has 1 amide bonds. The molecule has 2 saturated heterocycles. The lowest BCUT2D eigenvalue weighted by Gasteiger charge is -2.44. The van der Waals surface area contributed by atoms with Gasteiger partial charge in [0.05, 0.1) is 35.8 Å². The minimum absolute atomic E-state index is 0.0323. The minimum atomic E-state index is -1.43. The van der Waals surface area contributed by atoms with Crippen molar-refractivity contribution in [2.24, 2.45) is 5.92 Å². The molecule has 2 fully saturated rings. The van der Waals surface area contributed by atoms with Gasteiger partial charge in [0, 0.05) is 12.5 Å². The number of nitrogens with zero attached hydrogens (tertiary/aromatic N) is 1. The number of aliphatic hydroxyl groups is 3. The van der Waals surface area contributed by atoms with Gasteiger partial charge in [-0.1, -0.05) is 18.2 Å². The monoisotopic (exact) mass is 537 g/mol. The van der Waals surface area contributed by atoms with Crippen LogP contribution in [-0.2, 0) is 14.3 Å². The average molecular weight is 538 g/mol. The van der Waals surface area contributed by atoms with Crippen molar-refractivity contribution >= 4 is 34.8 Å². The van der Waals surface area contributed by atoms with E-state index in [4.69, 9.17) is 26.3 Å². The maximum Gasteiger partial charge on any atom is 0.240 e. The van der Waals surface area contributed by atoms with Gasteiger partial charge in [0.2, 0.25) is 5.91 Å². The molecule has 0 radical (unpaired) electrons. The normalized spacial score (nSPS) is 36.1. The number of alkyl halides is 1. The first kappa shape index (κ1) is 27.4. The quantitative estimate of drug-likeness (QED) is 0.329. The van der Waals surface area contributed by atoms with E-state index in [1.165, 1.54) is 11.8 Å². The molecule has 5 N–H and O–H groups in total. The number of thioether (sulfide) groups is 1. The van der Waals surface area contributed by atoms with Crippen LogP contribution in [0.4, 0.5) is 0 Å². The fourth-order valence-electron chi connectivity index (χ4n) is 5.08. The van der Waals surface area contributed by atoms with Crippen molar-refractivity contribution in [2.45, 2.75) is 66.8 Å². The van der Waals surface area contributed by atoms with Gasteiger partial charge < -0.3 is 35.4 Å². The zero-order chi connectivity index (χ0) is 26.0. The molecular formula is C25H32ClN3O6S. The van der Waals surface area contributed by atoms with E-state index in [1.54, 1.807) is 25.3 Å². The standard InChI is InChI=1S/C25H32ClN3O6S/c1-12(26)17(23-20(31)19(30)21(32)25(35-23)36-2)29-24(33)18-22-16(11-28-18)9-15(7-8-34-22)14-5-3-13(10-27)4-6-14/h3-6,9,12,16-23,25,28,30-32H,7-8,11H2,1-2H3,(H,29,33)/t12-,16-,17+,18-,19?,20?,21+,22+,23+,25?/m0/s1. The Morgan fingerprint density at radius 1 is 1.25 bits per heavy atom. The topological polar surface area (TPSA) is 144 Å². The first-order valence-electron chi connectivity index (χ1n) is 12.0. The summed E-state index contributed by atoms with van der Waals surface area (Å²) in [4.78, 5) is 13.4. The van der Waals surface area contributed by atoms with Gasteiger partial charge >= 0.3 is 0 Å². The lowest BCUT2D eigenvalue weighted by Crippen LogP contribution is -2.65. The molecule has 0 bridgehead atoms. The van der Waals surface area contributed by atoms with E-state index in [1.807, 2.05) is 12.1 Å². The van der Waals surface area contributed by atoms with E-state index in [2.05, 4.69) is 22.8 Å². The summed E-state index contributed by atoms with van der Waals surface area (Å²) >= 11 is 7.60. The SMILES string of the molecule is CSC1O[C@H]([C@H](NC(=O)[C@H]2NC[C@@H]3C=C(c4ccc(C#N)cc4)CCO[C@@H]23)[C@H](C)Cl)C(O)C(O)[C@H]1O. The third kappa shape index (κ3) is 5.59. The highest BCUT2D eigenvalue weighted by molar-refractivity contribution is 7.99. The fraction of sp³-hybridized carbons (Fsp3) is 0.600. The summed E-state index contributed by atoms with van der Waals surface area (Å²) in [6.07, 6.45) is -0.973. The molecule has 3 aliphatic heterocycles. The van der Waals surface area contributed by atoms with Crippen molar-refractivity contribution in [1.82, 2.24) is 10.6 Å². The summed E-state index contributed by atoms with van der Waals surface area (Å²) in [6, 6.07) is 8.09. The molecule has 196 valence electrons. The molecule has 10 atom stereocenters. The molecule has 9 nitrogen and oxygen atoms in total. The maximum absolute atomic E-state index is 13.4. The summed E-state index contributed by atoms with van der Waals surface area (Å²) in [5.41, 5.74) is 1.96. The van der Waals surface area contributed by atoms with Gasteiger partial charge in [-0.15, -0.1) is 23.4 Å². The van der Waals surface area contributed by atoms with Crippen LogP contribution in [0.1, 0.15) is 24.5 Å². The Bertz CT molecular complexity index is 1000. The number of rotatable bonds is 6. The molecule has 0 saturated carbocycles. The highest BCUT2D eigenvalue weighted by Gasteiger charge is 2.49. The fourth-order valence-corrected chi connectivity index (χ4v) is 5.97. The number of nitriles is 1. The number of halogens is 1. The third-order valence-corrected chi connectivity index (χ3v) is 8.21. The zero-order valence-corrected chi connectivity index (χ0v) is 21.7. The molecule has 36 heavy (non-hydrogen) atoms. The second-order valence-electron chi connectivity index (χ2n) is 9.40. The van der Waals surface area contributed by atoms with Crippen LogP contribution in [-0.4, -0.2) is 94.1 Å². The number of hydrogen-bond acceptors (Lipinski definition) is 9. The number of carbonyl (C=O) groups excluding carboxylic acids is 1. The molecule has 1 aromatic rings. The highest BCUT2D eigenvalue weighted by Crippen LogP contribution is 2.32. The van der Waals surface area contributed by atoms with Crippen molar-refractivity contribution in [3.05, 3.63) is 41.5 Å². The number of hydrogen-bond donors (Lipinski definition) is 5. The number of carbonyl (C=O) groups is 1. The Morgan fingerprint density at radius 3 is 2.61 bits per heavy atom. The van der Waals surface area contributed by atoms with Crippen molar-refractivity contribution in [1.29, 1.82) is 5.26 Å². The van der Waals surface area contributed by atoms with E-state index < -0.39 is 53.4 Å². The van der Waals surface area contributed by atoms with Crippen molar-refractivity contribution in [2.75, 3.05) is 19.4 Å². The molecular weight excluding hydrogens is 506 g/mol. The van der Waals surface area contributed by atoms with E-state index >= 15 is 0 Å². The van der Waals surface area contributed by atoms with Crippen LogP contribution in [0.25, 0.3) is 5.57 Å². The number of nitrogens with one attached hydrogen (secondary N) is 2. The maximum atomic E-state index is 13.4. The van der Waals surface area contributed by atoms with Gasteiger partial charge in [0.1, 0.15) is 35.9 Å². The number of benzene rings is 1. The van der Waals surface area contributed by atoms with Crippen molar-refractivity contribution in [3.63, 3.8) is 0 Å². The van der Waals surface area contributed by atoms with Crippen LogP contribution in [0.15, 0.2) is 30.3 Å². The summed E-state index contributed by atoms with van der Waals surface area (Å²) in [6.45, 7) is 2.66. The second-order valence-corrected chi connectivity index (χ2v) is 11.0. The first-order valence-corrected chi connectivity index (χ1v) is 13.7. The van der Waals surface area contributed by atoms with Crippen LogP contribution < -0.4 is 10.6 Å². The molecule has 11 heteroatoms. The van der Waals surface area contributed by atoms with Crippen LogP contribution in [0.3, 0.4) is 0 Å². The first-order chi connectivity index (χ1) is 17.2. The lowest BCUT2D eigenvalue weighted by molar-refractivity contribution is -0.205. The lowest BCUT2D eigenvalue weighted by atomic mass is 9.92. The van der Waals surface area contributed by atoms with Crippen molar-refractivity contribution in [3.8, 4) is 6.07 Å². The minimum Gasteiger partial charge on any atom is -0.388 e. The van der Waals surface area contributed by atoms with Crippen LogP contribution >= 0.6 is 23.4 Å². The Labute approximate surface area is 219 Å². The van der Waals surface area contributed by atoms with Gasteiger partial charge in [-0.3, -0.25) is 4.79 Å². The average Bonchev–Trinajstić information content (AvgIpc) is 3.16. The van der Waals surface area contributed by atoms with E-state index in [0.717, 1.165) is 11.1 Å². The molecule has 4 rings (SSSR count). The highest BCUT2D eigenvalue weighted by atomic mass is 35.5. The smallest absolute Gasteiger partial charge is 0.240 e. The number of amides is 1. The summed E-state index contributed by atoms with van der Waals surface area (Å²) < 4.78 is 12.0. The van der Waals surface area contributed by atoms with Crippen LogP contribution in [0.2, 0.25) is 0 Å². The molecule has 0 spiro atoms. The van der Waals surface area contributed by atoms with E-state index in [-0.39, 0.29) is 11.8 Å². The van der Waals surface area contributed by atoms with Crippen molar-refractivity contribution < 1.29 is 29.6 Å². The van der Waals surface area contributed by atoms with Gasteiger partial charge in [0.25, 0.3) is 0 Å². The Balaban J connectivity index is 1.47. The molecule has 3 aliphatic rings. The van der Waals surface area contributed by atoms with Crippen LogP contribution in [0, 0.1) is 17.2 Å². The summed E-state index contributed by atoms with van der Waals surface area (Å²) in [5, 5.41) is 45.6. The zero-order valence-electron chi connectivity index (χ0n) is 20.1. The molecule has 1 aromatic carbocycles.